The molecule has 0 spiro atoms. The summed E-state index contributed by atoms with van der Waals surface area (Å²) in [6.45, 7) is 5.38. The van der Waals surface area contributed by atoms with Gasteiger partial charge in [-0.3, -0.25) is 0 Å². The van der Waals surface area contributed by atoms with Gasteiger partial charge in [0.2, 0.25) is 0 Å². The van der Waals surface area contributed by atoms with Gasteiger partial charge in [-0.15, -0.1) is 0 Å². The van der Waals surface area contributed by atoms with Crippen LogP contribution < -0.4 is 10.1 Å². The minimum absolute atomic E-state index is 0.194. The summed E-state index contributed by atoms with van der Waals surface area (Å²) in [7, 11) is 0. The summed E-state index contributed by atoms with van der Waals surface area (Å²) in [5.41, 5.74) is 0.671. The summed E-state index contributed by atoms with van der Waals surface area (Å²) in [6, 6.07) is 8.18. The van der Waals surface area contributed by atoms with Crippen molar-refractivity contribution < 1.29 is 9.84 Å². The van der Waals surface area contributed by atoms with Gasteiger partial charge in [0.05, 0.1) is 5.60 Å². The van der Waals surface area contributed by atoms with E-state index in [2.05, 4.69) is 18.3 Å². The Bertz CT molecular complexity index is 365. The smallest absolute Gasteiger partial charge is 0.123 e. The Labute approximate surface area is 109 Å². The SMILES string of the molecule is CCCC(C)(O)CNCC1Cc2ccccc2O1. The topological polar surface area (TPSA) is 41.5 Å². The number of rotatable bonds is 6. The molecule has 2 N–H and O–H groups in total. The van der Waals surface area contributed by atoms with Gasteiger partial charge < -0.3 is 15.2 Å². The maximum Gasteiger partial charge on any atom is 0.123 e. The van der Waals surface area contributed by atoms with Gasteiger partial charge in [0, 0.05) is 19.5 Å². The predicted molar refractivity (Wildman–Crippen MR) is 73.0 cm³/mol. The van der Waals surface area contributed by atoms with Crippen molar-refractivity contribution in [2.75, 3.05) is 13.1 Å². The molecule has 0 saturated heterocycles. The number of benzene rings is 1. The minimum Gasteiger partial charge on any atom is -0.488 e. The second-order valence-electron chi connectivity index (χ2n) is 5.43. The molecule has 0 saturated carbocycles. The summed E-state index contributed by atoms with van der Waals surface area (Å²) in [6.07, 6.45) is 2.98. The van der Waals surface area contributed by atoms with Crippen molar-refractivity contribution >= 4 is 0 Å². The van der Waals surface area contributed by atoms with E-state index in [1.165, 1.54) is 5.56 Å². The van der Waals surface area contributed by atoms with Crippen molar-refractivity contribution in [1.29, 1.82) is 0 Å². The fraction of sp³-hybridized carbons (Fsp3) is 0.600. The molecule has 0 radical (unpaired) electrons. The zero-order valence-corrected chi connectivity index (χ0v) is 11.3. The molecule has 0 aromatic heterocycles. The summed E-state index contributed by atoms with van der Waals surface area (Å²) < 4.78 is 5.84. The standard InChI is InChI=1S/C15H23NO2/c1-3-8-15(2,17)11-16-10-13-9-12-6-4-5-7-14(12)18-13/h4-7,13,16-17H,3,8-11H2,1-2H3. The molecule has 1 heterocycles. The number of nitrogens with one attached hydrogen (secondary N) is 1. The van der Waals surface area contributed by atoms with Crippen LogP contribution in [0.1, 0.15) is 32.3 Å². The Morgan fingerprint density at radius 1 is 1.44 bits per heavy atom. The van der Waals surface area contributed by atoms with Crippen molar-refractivity contribution in [2.24, 2.45) is 0 Å². The van der Waals surface area contributed by atoms with E-state index in [9.17, 15) is 5.11 Å². The highest BCUT2D eigenvalue weighted by Gasteiger charge is 2.23. The molecule has 1 aromatic rings. The second kappa shape index (κ2) is 5.72. The maximum absolute atomic E-state index is 10.1. The van der Waals surface area contributed by atoms with E-state index < -0.39 is 5.60 Å². The fourth-order valence-electron chi connectivity index (χ4n) is 2.50. The molecule has 0 aliphatic carbocycles. The van der Waals surface area contributed by atoms with Gasteiger partial charge >= 0.3 is 0 Å². The first kappa shape index (κ1) is 13.4. The molecule has 2 atom stereocenters. The van der Waals surface area contributed by atoms with E-state index in [0.717, 1.165) is 31.6 Å². The van der Waals surface area contributed by atoms with Crippen LogP contribution in [0.4, 0.5) is 0 Å². The van der Waals surface area contributed by atoms with E-state index in [1.54, 1.807) is 0 Å². The number of fused-ring (bicyclic) bond motifs is 1. The van der Waals surface area contributed by atoms with Crippen LogP contribution in [0.5, 0.6) is 5.75 Å². The Morgan fingerprint density at radius 3 is 2.94 bits per heavy atom. The van der Waals surface area contributed by atoms with Crippen LogP contribution in [0.2, 0.25) is 0 Å². The minimum atomic E-state index is -0.611. The van der Waals surface area contributed by atoms with Crippen molar-refractivity contribution in [2.45, 2.75) is 44.8 Å². The summed E-state index contributed by atoms with van der Waals surface area (Å²) in [4.78, 5) is 0. The van der Waals surface area contributed by atoms with Crippen molar-refractivity contribution in [3.05, 3.63) is 29.8 Å². The monoisotopic (exact) mass is 249 g/mol. The van der Waals surface area contributed by atoms with Gasteiger partial charge in [-0.25, -0.2) is 0 Å². The van der Waals surface area contributed by atoms with Gasteiger partial charge in [0.1, 0.15) is 11.9 Å². The highest BCUT2D eigenvalue weighted by atomic mass is 16.5. The maximum atomic E-state index is 10.1. The number of ether oxygens (including phenoxy) is 1. The lowest BCUT2D eigenvalue weighted by molar-refractivity contribution is 0.0478. The average molecular weight is 249 g/mol. The summed E-state index contributed by atoms with van der Waals surface area (Å²) >= 11 is 0. The molecule has 1 aromatic carbocycles. The Hall–Kier alpha value is -1.06. The van der Waals surface area contributed by atoms with Gasteiger partial charge in [-0.2, -0.15) is 0 Å². The molecule has 0 amide bonds. The largest absolute Gasteiger partial charge is 0.488 e. The van der Waals surface area contributed by atoms with E-state index in [1.807, 2.05) is 25.1 Å². The third kappa shape index (κ3) is 3.47. The third-order valence-corrected chi connectivity index (χ3v) is 3.38. The lowest BCUT2D eigenvalue weighted by Gasteiger charge is -2.24. The first-order chi connectivity index (χ1) is 8.61. The van der Waals surface area contributed by atoms with Crippen LogP contribution in [0.25, 0.3) is 0 Å². The molecular weight excluding hydrogens is 226 g/mol. The lowest BCUT2D eigenvalue weighted by Crippen LogP contribution is -2.41. The Morgan fingerprint density at radius 2 is 2.22 bits per heavy atom. The van der Waals surface area contributed by atoms with E-state index in [0.29, 0.717) is 6.54 Å². The van der Waals surface area contributed by atoms with E-state index in [-0.39, 0.29) is 6.10 Å². The first-order valence-electron chi connectivity index (χ1n) is 6.78. The van der Waals surface area contributed by atoms with Crippen LogP contribution in [0.15, 0.2) is 24.3 Å². The molecule has 3 nitrogen and oxygen atoms in total. The van der Waals surface area contributed by atoms with Gasteiger partial charge in [-0.05, 0) is 25.0 Å². The molecule has 3 heteroatoms. The molecule has 2 unspecified atom stereocenters. The Balaban J connectivity index is 1.74. The summed E-state index contributed by atoms with van der Waals surface area (Å²) in [5, 5.41) is 13.4. The van der Waals surface area contributed by atoms with Crippen LogP contribution >= 0.6 is 0 Å². The number of para-hydroxylation sites is 1. The van der Waals surface area contributed by atoms with E-state index >= 15 is 0 Å². The molecule has 0 fully saturated rings. The zero-order chi connectivity index (χ0) is 13.0. The Kier molecular flexibility index (Phi) is 4.25. The van der Waals surface area contributed by atoms with Crippen molar-refractivity contribution in [1.82, 2.24) is 5.32 Å². The average Bonchev–Trinajstić information content (AvgIpc) is 2.71. The normalized spacial score (nSPS) is 21.2. The second-order valence-corrected chi connectivity index (χ2v) is 5.43. The summed E-state index contributed by atoms with van der Waals surface area (Å²) in [5.74, 6) is 1.00. The molecule has 100 valence electrons. The molecule has 18 heavy (non-hydrogen) atoms. The van der Waals surface area contributed by atoms with Crippen LogP contribution in [0.3, 0.4) is 0 Å². The number of hydrogen-bond donors (Lipinski definition) is 2. The quantitative estimate of drug-likeness (QED) is 0.811. The molecule has 0 bridgehead atoms. The molecular formula is C15H23NO2. The highest BCUT2D eigenvalue weighted by molar-refractivity contribution is 5.37. The first-order valence-corrected chi connectivity index (χ1v) is 6.78. The van der Waals surface area contributed by atoms with Crippen LogP contribution in [-0.2, 0) is 6.42 Å². The van der Waals surface area contributed by atoms with Gasteiger partial charge in [0.25, 0.3) is 0 Å². The van der Waals surface area contributed by atoms with Crippen LogP contribution in [-0.4, -0.2) is 29.9 Å². The van der Waals surface area contributed by atoms with E-state index in [4.69, 9.17) is 4.74 Å². The predicted octanol–water partition coefficient (Wildman–Crippen LogP) is 2.13. The molecule has 2 rings (SSSR count). The van der Waals surface area contributed by atoms with Crippen LogP contribution in [0, 0.1) is 0 Å². The van der Waals surface area contributed by atoms with Gasteiger partial charge in [-0.1, -0.05) is 31.5 Å². The number of hydrogen-bond acceptors (Lipinski definition) is 3. The third-order valence-electron chi connectivity index (χ3n) is 3.38. The molecule has 1 aliphatic rings. The van der Waals surface area contributed by atoms with Gasteiger partial charge in [0.15, 0.2) is 0 Å². The molecule has 1 aliphatic heterocycles. The zero-order valence-electron chi connectivity index (χ0n) is 11.3. The number of aliphatic hydroxyl groups is 1. The fourth-order valence-corrected chi connectivity index (χ4v) is 2.50. The van der Waals surface area contributed by atoms with Crippen molar-refractivity contribution in [3.63, 3.8) is 0 Å². The highest BCUT2D eigenvalue weighted by Crippen LogP contribution is 2.27. The lowest BCUT2D eigenvalue weighted by atomic mass is 10.0. The van der Waals surface area contributed by atoms with Crippen molar-refractivity contribution in [3.8, 4) is 5.75 Å².